The van der Waals surface area contributed by atoms with Gasteiger partial charge in [0.05, 0.1) is 7.11 Å². The van der Waals surface area contributed by atoms with Gasteiger partial charge in [-0.05, 0) is 30.9 Å². The molecule has 1 aromatic rings. The molecule has 2 fully saturated rings. The van der Waals surface area contributed by atoms with Gasteiger partial charge in [-0.25, -0.2) is 8.78 Å². The number of alkyl halides is 2. The summed E-state index contributed by atoms with van der Waals surface area (Å²) < 4.78 is 33.8. The molecule has 2 heterocycles. The van der Waals surface area contributed by atoms with Gasteiger partial charge in [0.1, 0.15) is 5.75 Å². The third kappa shape index (κ3) is 2.34. The Bertz CT molecular complexity index is 463. The molecule has 0 spiro atoms. The maximum atomic E-state index is 14.3. The number of hydrogen-bond acceptors (Lipinski definition) is 2. The van der Waals surface area contributed by atoms with Crippen LogP contribution in [0.4, 0.5) is 8.78 Å². The number of ether oxygens (including phenoxy) is 1. The van der Waals surface area contributed by atoms with Gasteiger partial charge >= 0.3 is 0 Å². The van der Waals surface area contributed by atoms with E-state index in [0.29, 0.717) is 12.2 Å². The molecule has 2 nitrogen and oxygen atoms in total. The lowest BCUT2D eigenvalue weighted by molar-refractivity contribution is -0.0955. The van der Waals surface area contributed by atoms with Crippen molar-refractivity contribution in [2.75, 3.05) is 7.11 Å². The van der Waals surface area contributed by atoms with Gasteiger partial charge in [-0.3, -0.25) is 0 Å². The van der Waals surface area contributed by atoms with Crippen molar-refractivity contribution >= 4 is 0 Å². The van der Waals surface area contributed by atoms with E-state index in [0.717, 1.165) is 18.4 Å². The number of hydrogen-bond donors (Lipinski definition) is 1. The number of fused-ring (bicyclic) bond motifs is 2. The van der Waals surface area contributed by atoms with Crippen LogP contribution in [0.5, 0.6) is 5.75 Å². The molecule has 0 radical (unpaired) electrons. The van der Waals surface area contributed by atoms with Crippen LogP contribution in [0.15, 0.2) is 24.3 Å². The van der Waals surface area contributed by atoms with E-state index in [2.05, 4.69) is 5.32 Å². The SMILES string of the molecule is COc1ccccc1CC1C2CCC(CC1(F)F)N2. The number of benzene rings is 1. The van der Waals surface area contributed by atoms with E-state index >= 15 is 0 Å². The summed E-state index contributed by atoms with van der Waals surface area (Å²) in [5, 5.41) is 3.33. The van der Waals surface area contributed by atoms with E-state index in [1.54, 1.807) is 7.11 Å². The molecule has 3 unspecified atom stereocenters. The largest absolute Gasteiger partial charge is 0.496 e. The summed E-state index contributed by atoms with van der Waals surface area (Å²) >= 11 is 0. The van der Waals surface area contributed by atoms with Gasteiger partial charge in [-0.15, -0.1) is 0 Å². The van der Waals surface area contributed by atoms with Crippen LogP contribution in [-0.2, 0) is 6.42 Å². The highest BCUT2D eigenvalue weighted by Gasteiger charge is 2.52. The fourth-order valence-electron chi connectivity index (χ4n) is 3.50. The first-order valence-corrected chi connectivity index (χ1v) is 6.86. The molecule has 2 aliphatic rings. The summed E-state index contributed by atoms with van der Waals surface area (Å²) in [6, 6.07) is 7.42. The van der Waals surface area contributed by atoms with Crippen LogP contribution in [0.1, 0.15) is 24.8 Å². The van der Waals surface area contributed by atoms with E-state index in [1.165, 1.54) is 0 Å². The number of nitrogens with one attached hydrogen (secondary N) is 1. The van der Waals surface area contributed by atoms with Gasteiger partial charge in [0, 0.05) is 24.4 Å². The quantitative estimate of drug-likeness (QED) is 0.909. The Labute approximate surface area is 112 Å². The normalized spacial score (nSPS) is 32.3. The van der Waals surface area contributed by atoms with Crippen molar-refractivity contribution < 1.29 is 13.5 Å². The lowest BCUT2D eigenvalue weighted by Gasteiger charge is -2.37. The van der Waals surface area contributed by atoms with Crippen molar-refractivity contribution in [3.8, 4) is 5.75 Å². The molecule has 1 N–H and O–H groups in total. The van der Waals surface area contributed by atoms with E-state index in [9.17, 15) is 8.78 Å². The second kappa shape index (κ2) is 4.75. The molecule has 0 amide bonds. The average molecular weight is 267 g/mol. The monoisotopic (exact) mass is 267 g/mol. The number of piperidine rings is 1. The molecule has 4 heteroatoms. The molecule has 0 aliphatic carbocycles. The zero-order valence-corrected chi connectivity index (χ0v) is 11.0. The fourth-order valence-corrected chi connectivity index (χ4v) is 3.50. The molecule has 2 bridgehead atoms. The molecule has 19 heavy (non-hydrogen) atoms. The standard InChI is InChI=1S/C15H19F2NO/c1-19-14-5-3-2-4-10(14)8-12-13-7-6-11(18-13)9-15(12,16)17/h2-5,11-13,18H,6-9H2,1H3. The maximum Gasteiger partial charge on any atom is 0.254 e. The molecule has 3 rings (SSSR count). The number of rotatable bonds is 3. The van der Waals surface area contributed by atoms with Crippen LogP contribution < -0.4 is 10.1 Å². The Hall–Kier alpha value is -1.16. The molecule has 1 aromatic carbocycles. The first-order chi connectivity index (χ1) is 9.10. The predicted octanol–water partition coefficient (Wildman–Crippen LogP) is 3.01. The third-order valence-electron chi connectivity index (χ3n) is 4.45. The Morgan fingerprint density at radius 2 is 2.11 bits per heavy atom. The van der Waals surface area contributed by atoms with Crippen molar-refractivity contribution in [2.24, 2.45) is 5.92 Å². The minimum atomic E-state index is -2.57. The van der Waals surface area contributed by atoms with Crippen LogP contribution in [0.25, 0.3) is 0 Å². The molecule has 104 valence electrons. The van der Waals surface area contributed by atoms with Gasteiger partial charge in [-0.2, -0.15) is 0 Å². The first kappa shape index (κ1) is 12.9. The lowest BCUT2D eigenvalue weighted by Crippen LogP contribution is -2.52. The van der Waals surface area contributed by atoms with Crippen molar-refractivity contribution in [3.05, 3.63) is 29.8 Å². The Morgan fingerprint density at radius 1 is 1.32 bits per heavy atom. The van der Waals surface area contributed by atoms with Crippen LogP contribution in [0.2, 0.25) is 0 Å². The fraction of sp³-hybridized carbons (Fsp3) is 0.600. The Kier molecular flexibility index (Phi) is 3.21. The molecule has 0 aromatic heterocycles. The van der Waals surface area contributed by atoms with E-state index in [4.69, 9.17) is 4.74 Å². The number of para-hydroxylation sites is 1. The smallest absolute Gasteiger partial charge is 0.254 e. The molecule has 3 atom stereocenters. The number of methoxy groups -OCH3 is 1. The van der Waals surface area contributed by atoms with Crippen LogP contribution in [0, 0.1) is 5.92 Å². The molecular weight excluding hydrogens is 248 g/mol. The molecule has 2 saturated heterocycles. The highest BCUT2D eigenvalue weighted by molar-refractivity contribution is 5.34. The summed E-state index contributed by atoms with van der Waals surface area (Å²) in [7, 11) is 1.59. The second-order valence-electron chi connectivity index (χ2n) is 5.64. The highest BCUT2D eigenvalue weighted by Crippen LogP contribution is 2.44. The van der Waals surface area contributed by atoms with Gasteiger partial charge in [-0.1, -0.05) is 18.2 Å². The lowest BCUT2D eigenvalue weighted by atomic mass is 9.83. The molecular formula is C15H19F2NO. The van der Waals surface area contributed by atoms with Crippen molar-refractivity contribution in [2.45, 2.75) is 43.7 Å². The van der Waals surface area contributed by atoms with Crippen molar-refractivity contribution in [1.29, 1.82) is 0 Å². The highest BCUT2D eigenvalue weighted by atomic mass is 19.3. The summed E-state index contributed by atoms with van der Waals surface area (Å²) in [5.41, 5.74) is 0.877. The van der Waals surface area contributed by atoms with Crippen LogP contribution >= 0.6 is 0 Å². The van der Waals surface area contributed by atoms with E-state index < -0.39 is 11.8 Å². The van der Waals surface area contributed by atoms with Gasteiger partial charge in [0.15, 0.2) is 0 Å². The summed E-state index contributed by atoms with van der Waals surface area (Å²) in [5.74, 6) is -2.49. The minimum absolute atomic E-state index is 0.00826. The van der Waals surface area contributed by atoms with Gasteiger partial charge < -0.3 is 10.1 Å². The zero-order valence-electron chi connectivity index (χ0n) is 11.0. The van der Waals surface area contributed by atoms with Crippen molar-refractivity contribution in [3.63, 3.8) is 0 Å². The second-order valence-corrected chi connectivity index (χ2v) is 5.64. The maximum absolute atomic E-state index is 14.3. The van der Waals surface area contributed by atoms with E-state index in [1.807, 2.05) is 24.3 Å². The summed E-state index contributed by atoms with van der Waals surface area (Å²) in [4.78, 5) is 0. The molecule has 2 aliphatic heterocycles. The summed E-state index contributed by atoms with van der Waals surface area (Å²) in [6.07, 6.45) is 2.09. The first-order valence-electron chi connectivity index (χ1n) is 6.86. The topological polar surface area (TPSA) is 21.3 Å². The van der Waals surface area contributed by atoms with Gasteiger partial charge in [0.2, 0.25) is 0 Å². The Morgan fingerprint density at radius 3 is 2.89 bits per heavy atom. The van der Waals surface area contributed by atoms with E-state index in [-0.39, 0.29) is 18.5 Å². The van der Waals surface area contributed by atoms with Crippen LogP contribution in [0.3, 0.4) is 0 Å². The van der Waals surface area contributed by atoms with Gasteiger partial charge in [0.25, 0.3) is 5.92 Å². The molecule has 0 saturated carbocycles. The average Bonchev–Trinajstić information content (AvgIpc) is 2.78. The number of halogens is 2. The van der Waals surface area contributed by atoms with Crippen LogP contribution in [-0.4, -0.2) is 25.1 Å². The zero-order chi connectivity index (χ0) is 13.5. The summed E-state index contributed by atoms with van der Waals surface area (Å²) in [6.45, 7) is 0. The predicted molar refractivity (Wildman–Crippen MR) is 69.7 cm³/mol. The third-order valence-corrected chi connectivity index (χ3v) is 4.45. The van der Waals surface area contributed by atoms with Crippen molar-refractivity contribution in [1.82, 2.24) is 5.32 Å². The minimum Gasteiger partial charge on any atom is -0.496 e. The Balaban J connectivity index is 1.85.